The summed E-state index contributed by atoms with van der Waals surface area (Å²) >= 11 is 0. The summed E-state index contributed by atoms with van der Waals surface area (Å²) in [5.74, 6) is -0.340. The average Bonchev–Trinajstić information content (AvgIpc) is 3.25. The first-order valence-corrected chi connectivity index (χ1v) is 9.87. The standard InChI is InChI=1S/C23H21F3N4O/c24-23(25,26)19-5-4-6-20(13-19)28-22(31)16-29-11-9-17(10-12-29)18-14-27-30(15-18)21-7-2-1-3-8-21/h1-9,13-15H,10-12,16H2,(H,28,31). The van der Waals surface area contributed by atoms with Crippen molar-refractivity contribution in [3.05, 3.63) is 84.2 Å². The Morgan fingerprint density at radius 1 is 1.10 bits per heavy atom. The highest BCUT2D eigenvalue weighted by Gasteiger charge is 2.30. The molecule has 0 atom stereocenters. The summed E-state index contributed by atoms with van der Waals surface area (Å²) in [6.07, 6.45) is 2.19. The molecule has 0 saturated carbocycles. The largest absolute Gasteiger partial charge is 0.416 e. The number of halogens is 3. The van der Waals surface area contributed by atoms with Crippen molar-refractivity contribution in [3.8, 4) is 5.69 Å². The summed E-state index contributed by atoms with van der Waals surface area (Å²) in [7, 11) is 0. The van der Waals surface area contributed by atoms with E-state index in [9.17, 15) is 18.0 Å². The van der Waals surface area contributed by atoms with Gasteiger partial charge < -0.3 is 5.32 Å². The van der Waals surface area contributed by atoms with Gasteiger partial charge in [-0.2, -0.15) is 18.3 Å². The van der Waals surface area contributed by atoms with Crippen LogP contribution in [-0.4, -0.2) is 40.2 Å². The molecule has 0 unspecified atom stereocenters. The predicted molar refractivity (Wildman–Crippen MR) is 113 cm³/mol. The number of anilines is 1. The fourth-order valence-corrected chi connectivity index (χ4v) is 3.50. The molecule has 2 aromatic carbocycles. The maximum atomic E-state index is 12.8. The molecule has 0 aliphatic carbocycles. The molecule has 3 aromatic rings. The number of hydrogen-bond acceptors (Lipinski definition) is 3. The number of nitrogens with zero attached hydrogens (tertiary/aromatic N) is 3. The minimum Gasteiger partial charge on any atom is -0.325 e. The first kappa shape index (κ1) is 20.9. The van der Waals surface area contributed by atoms with Gasteiger partial charge in [-0.15, -0.1) is 0 Å². The Bertz CT molecular complexity index is 1090. The zero-order chi connectivity index (χ0) is 21.8. The fourth-order valence-electron chi connectivity index (χ4n) is 3.50. The van der Waals surface area contributed by atoms with Crippen molar-refractivity contribution >= 4 is 17.2 Å². The molecule has 31 heavy (non-hydrogen) atoms. The van der Waals surface area contributed by atoms with E-state index in [0.717, 1.165) is 35.4 Å². The lowest BCUT2D eigenvalue weighted by Gasteiger charge is -2.25. The van der Waals surface area contributed by atoms with Crippen LogP contribution in [0.1, 0.15) is 17.5 Å². The van der Waals surface area contributed by atoms with Crippen LogP contribution in [0, 0.1) is 0 Å². The number of carbonyl (C=O) groups excluding carboxylic acids is 1. The molecule has 2 heterocycles. The number of nitrogens with one attached hydrogen (secondary N) is 1. The van der Waals surface area contributed by atoms with Gasteiger partial charge in [-0.25, -0.2) is 4.68 Å². The number of para-hydroxylation sites is 1. The summed E-state index contributed by atoms with van der Waals surface area (Å²) in [6, 6.07) is 14.5. The quantitative estimate of drug-likeness (QED) is 0.648. The van der Waals surface area contributed by atoms with Gasteiger partial charge in [0.2, 0.25) is 5.91 Å². The van der Waals surface area contributed by atoms with Crippen LogP contribution in [0.3, 0.4) is 0 Å². The van der Waals surface area contributed by atoms with E-state index in [1.165, 1.54) is 12.1 Å². The first-order valence-electron chi connectivity index (χ1n) is 9.87. The van der Waals surface area contributed by atoms with E-state index in [4.69, 9.17) is 0 Å². The molecule has 0 bridgehead atoms. The van der Waals surface area contributed by atoms with E-state index in [2.05, 4.69) is 16.5 Å². The summed E-state index contributed by atoms with van der Waals surface area (Å²) in [5.41, 5.74) is 2.54. The van der Waals surface area contributed by atoms with Crippen molar-refractivity contribution in [2.45, 2.75) is 12.6 Å². The van der Waals surface area contributed by atoms with Gasteiger partial charge in [0, 0.05) is 30.5 Å². The van der Waals surface area contributed by atoms with Crippen LogP contribution in [0.25, 0.3) is 11.3 Å². The van der Waals surface area contributed by atoms with Crippen LogP contribution >= 0.6 is 0 Å². The van der Waals surface area contributed by atoms with Crippen LogP contribution < -0.4 is 5.32 Å². The third-order valence-electron chi connectivity index (χ3n) is 5.11. The molecule has 5 nitrogen and oxygen atoms in total. The van der Waals surface area contributed by atoms with Crippen LogP contribution in [0.5, 0.6) is 0 Å². The lowest BCUT2D eigenvalue weighted by atomic mass is 10.0. The van der Waals surface area contributed by atoms with Gasteiger partial charge in [-0.05, 0) is 42.3 Å². The SMILES string of the molecule is O=C(CN1CC=C(c2cnn(-c3ccccc3)c2)CC1)Nc1cccc(C(F)(F)F)c1. The van der Waals surface area contributed by atoms with Crippen LogP contribution in [-0.2, 0) is 11.0 Å². The maximum absolute atomic E-state index is 12.8. The van der Waals surface area contributed by atoms with E-state index in [-0.39, 0.29) is 18.1 Å². The Morgan fingerprint density at radius 3 is 2.61 bits per heavy atom. The summed E-state index contributed by atoms with van der Waals surface area (Å²) in [6.45, 7) is 1.38. The Kier molecular flexibility index (Phi) is 5.90. The van der Waals surface area contributed by atoms with Gasteiger partial charge in [0.05, 0.1) is 24.0 Å². The molecule has 1 aliphatic rings. The highest BCUT2D eigenvalue weighted by molar-refractivity contribution is 5.92. The fraction of sp³-hybridized carbons (Fsp3) is 0.217. The van der Waals surface area contributed by atoms with Crippen molar-refractivity contribution < 1.29 is 18.0 Å². The molecule has 0 radical (unpaired) electrons. The van der Waals surface area contributed by atoms with Crippen LogP contribution in [0.4, 0.5) is 18.9 Å². The summed E-state index contributed by atoms with van der Waals surface area (Å²) in [5, 5.41) is 6.97. The van der Waals surface area contributed by atoms with Gasteiger partial charge in [-0.3, -0.25) is 9.69 Å². The van der Waals surface area contributed by atoms with Crippen molar-refractivity contribution in [1.29, 1.82) is 0 Å². The molecular weight excluding hydrogens is 405 g/mol. The molecule has 1 N–H and O–H groups in total. The highest BCUT2D eigenvalue weighted by atomic mass is 19.4. The van der Waals surface area contributed by atoms with E-state index in [1.807, 2.05) is 52.3 Å². The van der Waals surface area contributed by atoms with Crippen molar-refractivity contribution in [1.82, 2.24) is 14.7 Å². The third kappa shape index (κ3) is 5.21. The molecule has 1 aliphatic heterocycles. The number of amides is 1. The zero-order valence-electron chi connectivity index (χ0n) is 16.6. The summed E-state index contributed by atoms with van der Waals surface area (Å²) in [4.78, 5) is 14.2. The highest BCUT2D eigenvalue weighted by Crippen LogP contribution is 2.30. The predicted octanol–water partition coefficient (Wildman–Crippen LogP) is 4.62. The third-order valence-corrected chi connectivity index (χ3v) is 5.11. The number of benzene rings is 2. The second-order valence-electron chi connectivity index (χ2n) is 7.35. The molecule has 1 amide bonds. The maximum Gasteiger partial charge on any atom is 0.416 e. The van der Waals surface area contributed by atoms with E-state index < -0.39 is 11.7 Å². The Morgan fingerprint density at radius 2 is 1.90 bits per heavy atom. The Labute approximate surface area is 177 Å². The second-order valence-corrected chi connectivity index (χ2v) is 7.35. The molecular formula is C23H21F3N4O. The molecule has 0 saturated heterocycles. The molecule has 8 heteroatoms. The van der Waals surface area contributed by atoms with Crippen molar-refractivity contribution in [2.75, 3.05) is 25.0 Å². The normalized spacial score (nSPS) is 14.9. The van der Waals surface area contributed by atoms with Crippen LogP contribution in [0.15, 0.2) is 73.1 Å². The zero-order valence-corrected chi connectivity index (χ0v) is 16.6. The molecule has 0 fully saturated rings. The Balaban J connectivity index is 1.34. The molecule has 160 valence electrons. The number of rotatable bonds is 5. The van der Waals surface area contributed by atoms with Crippen molar-refractivity contribution in [2.24, 2.45) is 0 Å². The molecule has 0 spiro atoms. The number of carbonyl (C=O) groups is 1. The van der Waals surface area contributed by atoms with E-state index in [0.29, 0.717) is 13.1 Å². The second kappa shape index (κ2) is 8.77. The minimum absolute atomic E-state index is 0.114. The van der Waals surface area contributed by atoms with E-state index in [1.54, 1.807) is 0 Å². The molecule has 4 rings (SSSR count). The topological polar surface area (TPSA) is 50.2 Å². The summed E-state index contributed by atoms with van der Waals surface area (Å²) < 4.78 is 40.3. The lowest BCUT2D eigenvalue weighted by molar-refractivity contribution is -0.137. The minimum atomic E-state index is -4.44. The smallest absolute Gasteiger partial charge is 0.325 e. The van der Waals surface area contributed by atoms with Crippen molar-refractivity contribution in [3.63, 3.8) is 0 Å². The van der Waals surface area contributed by atoms with E-state index >= 15 is 0 Å². The monoisotopic (exact) mass is 426 g/mol. The first-order chi connectivity index (χ1) is 14.9. The van der Waals surface area contributed by atoms with Crippen LogP contribution in [0.2, 0.25) is 0 Å². The number of hydrogen-bond donors (Lipinski definition) is 1. The number of alkyl halides is 3. The van der Waals surface area contributed by atoms with Gasteiger partial charge in [0.1, 0.15) is 0 Å². The average molecular weight is 426 g/mol. The lowest BCUT2D eigenvalue weighted by Crippen LogP contribution is -2.36. The number of aromatic nitrogens is 2. The van der Waals surface area contributed by atoms with Gasteiger partial charge in [0.15, 0.2) is 0 Å². The molecule has 1 aromatic heterocycles. The van der Waals surface area contributed by atoms with Gasteiger partial charge >= 0.3 is 6.18 Å². The van der Waals surface area contributed by atoms with Gasteiger partial charge in [0.25, 0.3) is 0 Å². The van der Waals surface area contributed by atoms with Gasteiger partial charge in [-0.1, -0.05) is 30.3 Å². The Hall–Kier alpha value is -3.39.